The zero-order valence-corrected chi connectivity index (χ0v) is 15.1. The maximum atomic E-state index is 13.1. The zero-order valence-electron chi connectivity index (χ0n) is 14.3. The number of nitrogens with zero attached hydrogens (tertiary/aromatic N) is 2. The Morgan fingerprint density at radius 3 is 2.38 bits per heavy atom. The van der Waals surface area contributed by atoms with Gasteiger partial charge in [0.1, 0.15) is 11.5 Å². The van der Waals surface area contributed by atoms with Gasteiger partial charge in [-0.2, -0.15) is 0 Å². The third-order valence-electron chi connectivity index (χ3n) is 4.87. The number of carbonyl (C=O) groups is 2. The second-order valence-electron chi connectivity index (χ2n) is 6.53. The van der Waals surface area contributed by atoms with Crippen LogP contribution < -0.4 is 0 Å². The van der Waals surface area contributed by atoms with E-state index in [9.17, 15) is 14.0 Å². The van der Waals surface area contributed by atoms with Crippen LogP contribution in [0.3, 0.4) is 0 Å². The summed E-state index contributed by atoms with van der Waals surface area (Å²) in [5.74, 6) is -0.719. The standard InChI is InChI=1S/C20H19FN2O2S/c21-15-7-5-14(6-8-15)9-12-23-19(24)17(16-4-3-13-26-16)18(20(23)25)22-10-1-2-11-22/h3-8,13H,1-2,9-12H2. The first kappa shape index (κ1) is 17.0. The first-order valence-electron chi connectivity index (χ1n) is 8.79. The lowest BCUT2D eigenvalue weighted by Crippen LogP contribution is -2.36. The molecule has 0 bridgehead atoms. The molecule has 0 N–H and O–H groups in total. The Morgan fingerprint density at radius 2 is 1.73 bits per heavy atom. The molecule has 26 heavy (non-hydrogen) atoms. The van der Waals surface area contributed by atoms with Gasteiger partial charge in [0.05, 0.1) is 5.57 Å². The monoisotopic (exact) mass is 370 g/mol. The Morgan fingerprint density at radius 1 is 1.00 bits per heavy atom. The highest BCUT2D eigenvalue weighted by Gasteiger charge is 2.42. The quantitative estimate of drug-likeness (QED) is 0.759. The Bertz CT molecular complexity index is 852. The van der Waals surface area contributed by atoms with Gasteiger partial charge >= 0.3 is 0 Å². The molecule has 2 aromatic rings. The highest BCUT2D eigenvalue weighted by Crippen LogP contribution is 2.35. The molecule has 0 aliphatic carbocycles. The minimum absolute atomic E-state index is 0.206. The van der Waals surface area contributed by atoms with Crippen LogP contribution in [0.15, 0.2) is 47.5 Å². The van der Waals surface area contributed by atoms with Crippen LogP contribution in [0.2, 0.25) is 0 Å². The molecule has 3 heterocycles. The number of halogens is 1. The molecule has 6 heteroatoms. The summed E-state index contributed by atoms with van der Waals surface area (Å²) in [5.41, 5.74) is 1.99. The molecule has 1 aromatic heterocycles. The number of amides is 2. The highest BCUT2D eigenvalue weighted by molar-refractivity contribution is 7.11. The number of hydrogen-bond donors (Lipinski definition) is 0. The maximum absolute atomic E-state index is 13.1. The number of likely N-dealkylation sites (tertiary alicyclic amines) is 1. The van der Waals surface area contributed by atoms with E-state index in [1.165, 1.54) is 28.4 Å². The molecule has 2 amide bonds. The van der Waals surface area contributed by atoms with Crippen LogP contribution in [-0.4, -0.2) is 41.2 Å². The summed E-state index contributed by atoms with van der Waals surface area (Å²) in [4.78, 5) is 30.3. The Kier molecular flexibility index (Phi) is 4.59. The van der Waals surface area contributed by atoms with Crippen molar-refractivity contribution in [3.05, 3.63) is 63.7 Å². The molecule has 1 saturated heterocycles. The van der Waals surface area contributed by atoms with E-state index in [1.807, 2.05) is 22.4 Å². The van der Waals surface area contributed by atoms with Gasteiger partial charge in [-0.05, 0) is 48.4 Å². The smallest absolute Gasteiger partial charge is 0.277 e. The van der Waals surface area contributed by atoms with Gasteiger partial charge in [0.15, 0.2) is 0 Å². The van der Waals surface area contributed by atoms with E-state index >= 15 is 0 Å². The molecule has 1 fully saturated rings. The second kappa shape index (κ2) is 7.03. The average Bonchev–Trinajstić information content (AvgIpc) is 3.37. The average molecular weight is 370 g/mol. The maximum Gasteiger partial charge on any atom is 0.277 e. The van der Waals surface area contributed by atoms with E-state index in [2.05, 4.69) is 0 Å². The summed E-state index contributed by atoms with van der Waals surface area (Å²) in [7, 11) is 0. The number of imide groups is 1. The molecular formula is C20H19FN2O2S. The molecule has 0 atom stereocenters. The molecule has 4 rings (SSSR count). The lowest BCUT2D eigenvalue weighted by Gasteiger charge is -2.20. The van der Waals surface area contributed by atoms with Crippen LogP contribution in [0.4, 0.5) is 4.39 Å². The lowest BCUT2D eigenvalue weighted by atomic mass is 10.1. The summed E-state index contributed by atoms with van der Waals surface area (Å²) in [5, 5.41) is 1.92. The van der Waals surface area contributed by atoms with Crippen molar-refractivity contribution in [1.82, 2.24) is 9.80 Å². The van der Waals surface area contributed by atoms with E-state index < -0.39 is 0 Å². The van der Waals surface area contributed by atoms with Crippen molar-refractivity contribution in [2.75, 3.05) is 19.6 Å². The predicted molar refractivity (Wildman–Crippen MR) is 98.9 cm³/mol. The van der Waals surface area contributed by atoms with E-state index in [0.717, 1.165) is 36.4 Å². The molecule has 1 aromatic carbocycles. The van der Waals surface area contributed by atoms with Crippen LogP contribution in [0.1, 0.15) is 23.3 Å². The fourth-order valence-corrected chi connectivity index (χ4v) is 4.30. The van der Waals surface area contributed by atoms with E-state index in [-0.39, 0.29) is 17.6 Å². The van der Waals surface area contributed by atoms with Gasteiger partial charge in [-0.1, -0.05) is 18.2 Å². The number of thiophene rings is 1. The highest BCUT2D eigenvalue weighted by atomic mass is 32.1. The zero-order chi connectivity index (χ0) is 18.1. The minimum Gasteiger partial charge on any atom is -0.366 e. The van der Waals surface area contributed by atoms with Crippen molar-refractivity contribution in [2.45, 2.75) is 19.3 Å². The topological polar surface area (TPSA) is 40.6 Å². The molecule has 0 saturated carbocycles. The van der Waals surface area contributed by atoms with Crippen molar-refractivity contribution in [3.8, 4) is 0 Å². The molecule has 0 spiro atoms. The van der Waals surface area contributed by atoms with Gasteiger partial charge < -0.3 is 4.90 Å². The van der Waals surface area contributed by atoms with Gasteiger partial charge in [-0.25, -0.2) is 4.39 Å². The number of benzene rings is 1. The van der Waals surface area contributed by atoms with Gasteiger partial charge in [0.25, 0.3) is 11.8 Å². The number of carbonyl (C=O) groups excluding carboxylic acids is 2. The molecule has 4 nitrogen and oxygen atoms in total. The Labute approximate surface area is 155 Å². The molecule has 2 aliphatic rings. The summed E-state index contributed by atoms with van der Waals surface area (Å²) in [6, 6.07) is 9.96. The van der Waals surface area contributed by atoms with Crippen LogP contribution in [0.5, 0.6) is 0 Å². The predicted octanol–water partition coefficient (Wildman–Crippen LogP) is 3.31. The van der Waals surface area contributed by atoms with Gasteiger partial charge in [0, 0.05) is 24.5 Å². The molecule has 0 radical (unpaired) electrons. The molecule has 2 aliphatic heterocycles. The van der Waals surface area contributed by atoms with Crippen molar-refractivity contribution in [2.24, 2.45) is 0 Å². The van der Waals surface area contributed by atoms with Crippen LogP contribution >= 0.6 is 11.3 Å². The Hall–Kier alpha value is -2.47. The van der Waals surface area contributed by atoms with Crippen molar-refractivity contribution >= 4 is 28.7 Å². The number of hydrogen-bond acceptors (Lipinski definition) is 4. The normalized spacial score (nSPS) is 17.7. The van der Waals surface area contributed by atoms with E-state index in [0.29, 0.717) is 24.2 Å². The van der Waals surface area contributed by atoms with Crippen LogP contribution in [-0.2, 0) is 16.0 Å². The summed E-state index contributed by atoms with van der Waals surface area (Å²) in [6.45, 7) is 1.93. The van der Waals surface area contributed by atoms with Gasteiger partial charge in [-0.3, -0.25) is 14.5 Å². The molecule has 134 valence electrons. The largest absolute Gasteiger partial charge is 0.366 e. The third-order valence-corrected chi connectivity index (χ3v) is 5.76. The SMILES string of the molecule is O=C1C(c2cccs2)=C(N2CCCC2)C(=O)N1CCc1ccc(F)cc1. The van der Waals surface area contributed by atoms with Crippen LogP contribution in [0.25, 0.3) is 5.57 Å². The van der Waals surface area contributed by atoms with E-state index in [1.54, 1.807) is 12.1 Å². The summed E-state index contributed by atoms with van der Waals surface area (Å²) >= 11 is 1.48. The fraction of sp³-hybridized carbons (Fsp3) is 0.300. The van der Waals surface area contributed by atoms with E-state index in [4.69, 9.17) is 0 Å². The fourth-order valence-electron chi connectivity index (χ4n) is 3.54. The Balaban J connectivity index is 1.59. The summed E-state index contributed by atoms with van der Waals surface area (Å²) < 4.78 is 13.1. The van der Waals surface area contributed by atoms with Crippen molar-refractivity contribution in [3.63, 3.8) is 0 Å². The lowest BCUT2D eigenvalue weighted by molar-refractivity contribution is -0.137. The van der Waals surface area contributed by atoms with Gasteiger partial charge in [-0.15, -0.1) is 11.3 Å². The first-order valence-corrected chi connectivity index (χ1v) is 9.67. The first-order chi connectivity index (χ1) is 12.6. The summed E-state index contributed by atoms with van der Waals surface area (Å²) in [6.07, 6.45) is 2.60. The minimum atomic E-state index is -0.292. The molecular weight excluding hydrogens is 351 g/mol. The van der Waals surface area contributed by atoms with Crippen molar-refractivity contribution in [1.29, 1.82) is 0 Å². The molecule has 0 unspecified atom stereocenters. The number of rotatable bonds is 5. The second-order valence-corrected chi connectivity index (χ2v) is 7.48. The third kappa shape index (κ3) is 3.05. The van der Waals surface area contributed by atoms with Gasteiger partial charge in [0.2, 0.25) is 0 Å². The van der Waals surface area contributed by atoms with Crippen LogP contribution in [0, 0.1) is 5.82 Å². The van der Waals surface area contributed by atoms with Crippen molar-refractivity contribution < 1.29 is 14.0 Å².